The Morgan fingerprint density at radius 3 is 2.85 bits per heavy atom. The molecule has 0 spiro atoms. The van der Waals surface area contributed by atoms with Crippen molar-refractivity contribution in [3.8, 4) is 5.75 Å². The summed E-state index contributed by atoms with van der Waals surface area (Å²) in [6, 6.07) is 3.91. The molecule has 0 fully saturated rings. The Morgan fingerprint density at radius 2 is 2.30 bits per heavy atom. The predicted octanol–water partition coefficient (Wildman–Crippen LogP) is 2.34. The fourth-order valence-corrected chi connectivity index (χ4v) is 1.88. The van der Waals surface area contributed by atoms with Crippen LogP contribution in [0, 0.1) is 10.1 Å². The first-order valence-corrected chi connectivity index (χ1v) is 6.15. The summed E-state index contributed by atoms with van der Waals surface area (Å²) in [7, 11) is 1.36. The van der Waals surface area contributed by atoms with Gasteiger partial charge >= 0.3 is 0 Å². The van der Waals surface area contributed by atoms with Crippen LogP contribution in [-0.2, 0) is 0 Å². The topological polar surface area (TPSA) is 110 Å². The first-order chi connectivity index (χ1) is 9.52. The van der Waals surface area contributed by atoms with Crippen LogP contribution in [0.15, 0.2) is 28.9 Å². The van der Waals surface area contributed by atoms with Gasteiger partial charge in [-0.2, -0.15) is 5.10 Å². The van der Waals surface area contributed by atoms with Crippen LogP contribution >= 0.6 is 15.9 Å². The van der Waals surface area contributed by atoms with E-state index in [1.54, 1.807) is 0 Å². The Labute approximate surface area is 121 Å². The normalized spacial score (nSPS) is 10.1. The molecule has 2 N–H and O–H groups in total. The van der Waals surface area contributed by atoms with Crippen LogP contribution in [0.2, 0.25) is 0 Å². The van der Waals surface area contributed by atoms with Crippen LogP contribution in [0.1, 0.15) is 10.5 Å². The summed E-state index contributed by atoms with van der Waals surface area (Å²) in [4.78, 5) is 22.1. The van der Waals surface area contributed by atoms with Gasteiger partial charge in [0.1, 0.15) is 11.4 Å². The molecule has 1 aromatic heterocycles. The first-order valence-electron chi connectivity index (χ1n) is 5.35. The Balaban J connectivity index is 2.27. The van der Waals surface area contributed by atoms with Crippen molar-refractivity contribution >= 4 is 33.2 Å². The van der Waals surface area contributed by atoms with Gasteiger partial charge in [-0.1, -0.05) is 0 Å². The van der Waals surface area contributed by atoms with E-state index in [2.05, 4.69) is 31.4 Å². The fraction of sp³-hybridized carbons (Fsp3) is 0.0909. The molecule has 9 heteroatoms. The van der Waals surface area contributed by atoms with Crippen molar-refractivity contribution in [3.05, 3.63) is 44.7 Å². The van der Waals surface area contributed by atoms with Crippen LogP contribution in [0.4, 0.5) is 11.4 Å². The number of hydrogen-bond donors (Lipinski definition) is 2. The van der Waals surface area contributed by atoms with E-state index in [1.165, 1.54) is 31.5 Å². The van der Waals surface area contributed by atoms with E-state index < -0.39 is 10.8 Å². The largest absolute Gasteiger partial charge is 0.494 e. The number of anilines is 1. The third kappa shape index (κ3) is 2.77. The van der Waals surface area contributed by atoms with Gasteiger partial charge in [-0.3, -0.25) is 20.0 Å². The zero-order chi connectivity index (χ0) is 14.7. The van der Waals surface area contributed by atoms with Crippen molar-refractivity contribution in [3.63, 3.8) is 0 Å². The molecule has 1 amide bonds. The lowest BCUT2D eigenvalue weighted by atomic mass is 10.2. The average molecular weight is 341 g/mol. The number of aromatic amines is 1. The number of ether oxygens (including phenoxy) is 1. The number of hydrogen-bond acceptors (Lipinski definition) is 5. The second-order valence-corrected chi connectivity index (χ2v) is 4.54. The van der Waals surface area contributed by atoms with Crippen LogP contribution in [0.3, 0.4) is 0 Å². The van der Waals surface area contributed by atoms with Crippen molar-refractivity contribution in [1.82, 2.24) is 10.2 Å². The van der Waals surface area contributed by atoms with E-state index in [-0.39, 0.29) is 17.1 Å². The van der Waals surface area contributed by atoms with E-state index in [4.69, 9.17) is 4.74 Å². The minimum atomic E-state index is -0.542. The highest BCUT2D eigenvalue weighted by Gasteiger charge is 2.16. The minimum absolute atomic E-state index is 0.123. The van der Waals surface area contributed by atoms with Crippen molar-refractivity contribution in [2.45, 2.75) is 0 Å². The van der Waals surface area contributed by atoms with Crippen molar-refractivity contribution < 1.29 is 14.5 Å². The maximum Gasteiger partial charge on any atom is 0.274 e. The molecule has 104 valence electrons. The monoisotopic (exact) mass is 340 g/mol. The van der Waals surface area contributed by atoms with Crippen LogP contribution in [0.25, 0.3) is 0 Å². The summed E-state index contributed by atoms with van der Waals surface area (Å²) < 4.78 is 5.54. The molecule has 0 radical (unpaired) electrons. The molecule has 0 unspecified atom stereocenters. The summed E-state index contributed by atoms with van der Waals surface area (Å²) in [5.74, 6) is -0.246. The second-order valence-electron chi connectivity index (χ2n) is 3.69. The van der Waals surface area contributed by atoms with Gasteiger partial charge in [0, 0.05) is 6.07 Å². The molecule has 0 aliphatic carbocycles. The molecule has 2 rings (SSSR count). The zero-order valence-corrected chi connectivity index (χ0v) is 11.8. The number of nitrogens with one attached hydrogen (secondary N) is 2. The number of benzene rings is 1. The molecule has 0 bridgehead atoms. The first kappa shape index (κ1) is 14.0. The number of non-ortho nitro benzene ring substituents is 1. The summed E-state index contributed by atoms with van der Waals surface area (Å²) in [6.07, 6.45) is 1.45. The van der Waals surface area contributed by atoms with Gasteiger partial charge in [0.05, 0.1) is 34.5 Å². The quantitative estimate of drug-likeness (QED) is 0.655. The molecule has 0 atom stereocenters. The molecule has 2 aromatic rings. The number of halogens is 1. The van der Waals surface area contributed by atoms with Gasteiger partial charge in [-0.15, -0.1) is 0 Å². The molecule has 0 saturated carbocycles. The lowest BCUT2D eigenvalue weighted by Crippen LogP contribution is -2.13. The number of nitrogens with zero attached hydrogens (tertiary/aromatic N) is 2. The molecule has 0 aliphatic rings. The Bertz CT molecular complexity index is 670. The maximum atomic E-state index is 12.0. The third-order valence-electron chi connectivity index (χ3n) is 2.46. The lowest BCUT2D eigenvalue weighted by molar-refractivity contribution is -0.384. The second kappa shape index (κ2) is 5.70. The Hall–Kier alpha value is -2.42. The number of nitro groups is 1. The van der Waals surface area contributed by atoms with Gasteiger partial charge < -0.3 is 10.1 Å². The smallest absolute Gasteiger partial charge is 0.274 e. The van der Waals surface area contributed by atoms with E-state index in [1.807, 2.05) is 0 Å². The third-order valence-corrected chi connectivity index (χ3v) is 3.07. The Kier molecular flexibility index (Phi) is 3.99. The number of rotatable bonds is 4. The summed E-state index contributed by atoms with van der Waals surface area (Å²) in [5.41, 5.74) is 0.442. The summed E-state index contributed by atoms with van der Waals surface area (Å²) in [5, 5.41) is 19.5. The SMILES string of the molecule is COc1cc([N+](=O)[O-])ccc1NC(=O)c1[nH]ncc1Br. The highest BCUT2D eigenvalue weighted by atomic mass is 79.9. The van der Waals surface area contributed by atoms with Crippen molar-refractivity contribution in [2.24, 2.45) is 0 Å². The van der Waals surface area contributed by atoms with Gasteiger partial charge in [-0.05, 0) is 22.0 Å². The van der Waals surface area contributed by atoms with Gasteiger partial charge in [-0.25, -0.2) is 0 Å². The summed E-state index contributed by atoms with van der Waals surface area (Å²) >= 11 is 3.17. The zero-order valence-electron chi connectivity index (χ0n) is 10.2. The molecule has 1 aromatic carbocycles. The minimum Gasteiger partial charge on any atom is -0.494 e. The highest BCUT2D eigenvalue weighted by molar-refractivity contribution is 9.10. The predicted molar refractivity (Wildman–Crippen MR) is 73.9 cm³/mol. The van der Waals surface area contributed by atoms with Crippen LogP contribution in [0.5, 0.6) is 5.75 Å². The highest BCUT2D eigenvalue weighted by Crippen LogP contribution is 2.29. The number of carbonyl (C=O) groups is 1. The number of methoxy groups -OCH3 is 1. The van der Waals surface area contributed by atoms with Gasteiger partial charge in [0.2, 0.25) is 0 Å². The van der Waals surface area contributed by atoms with Crippen molar-refractivity contribution in [2.75, 3.05) is 12.4 Å². The molecular weight excluding hydrogens is 332 g/mol. The Morgan fingerprint density at radius 1 is 1.55 bits per heavy atom. The number of H-pyrrole nitrogens is 1. The standard InChI is InChI=1S/C11H9BrN4O4/c1-20-9-4-6(16(18)19)2-3-8(9)14-11(17)10-7(12)5-13-15-10/h2-5H,1H3,(H,13,15)(H,14,17). The van der Waals surface area contributed by atoms with Gasteiger partial charge in [0.15, 0.2) is 0 Å². The number of aromatic nitrogens is 2. The molecule has 8 nitrogen and oxygen atoms in total. The van der Waals surface area contributed by atoms with E-state index in [0.29, 0.717) is 10.2 Å². The number of carbonyl (C=O) groups excluding carboxylic acids is 1. The number of nitro benzene ring substituents is 1. The van der Waals surface area contributed by atoms with E-state index in [0.717, 1.165) is 0 Å². The van der Waals surface area contributed by atoms with Crippen LogP contribution < -0.4 is 10.1 Å². The molecule has 1 heterocycles. The summed E-state index contributed by atoms with van der Waals surface area (Å²) in [6.45, 7) is 0. The van der Waals surface area contributed by atoms with Gasteiger partial charge in [0.25, 0.3) is 11.6 Å². The molecular formula is C11H9BrN4O4. The van der Waals surface area contributed by atoms with Crippen molar-refractivity contribution in [1.29, 1.82) is 0 Å². The van der Waals surface area contributed by atoms with Crippen LogP contribution in [-0.4, -0.2) is 28.1 Å². The van der Waals surface area contributed by atoms with E-state index >= 15 is 0 Å². The maximum absolute atomic E-state index is 12.0. The average Bonchev–Trinajstić information content (AvgIpc) is 2.85. The molecule has 0 aliphatic heterocycles. The number of amides is 1. The molecule has 0 saturated heterocycles. The lowest BCUT2D eigenvalue weighted by Gasteiger charge is -2.09. The van der Waals surface area contributed by atoms with E-state index in [9.17, 15) is 14.9 Å². The molecule has 20 heavy (non-hydrogen) atoms. The fourth-order valence-electron chi connectivity index (χ4n) is 1.51.